The summed E-state index contributed by atoms with van der Waals surface area (Å²) >= 11 is 0. The molecule has 7 heteroatoms. The van der Waals surface area contributed by atoms with Crippen LogP contribution in [-0.4, -0.2) is 75.7 Å². The maximum absolute atomic E-state index is 6.01. The van der Waals surface area contributed by atoms with Gasteiger partial charge in [-0.2, -0.15) is 0 Å². The Balaban J connectivity index is 1.23. The van der Waals surface area contributed by atoms with Crippen molar-refractivity contribution in [3.05, 3.63) is 35.4 Å². The van der Waals surface area contributed by atoms with Gasteiger partial charge in [0.15, 0.2) is 5.96 Å². The van der Waals surface area contributed by atoms with E-state index in [0.717, 1.165) is 71.1 Å². The zero-order valence-corrected chi connectivity index (χ0v) is 18.1. The first-order valence-corrected chi connectivity index (χ1v) is 11.3. The molecule has 1 N–H and O–H groups in total. The largest absolute Gasteiger partial charge is 0.381 e. The number of hydrogen-bond acceptors (Lipinski definition) is 5. The number of nitrogens with zero attached hydrogens (tertiary/aromatic N) is 2. The zero-order chi connectivity index (χ0) is 20.6. The Labute approximate surface area is 179 Å². The summed E-state index contributed by atoms with van der Waals surface area (Å²) in [4.78, 5) is 6.78. The molecule has 4 rings (SSSR count). The van der Waals surface area contributed by atoms with Crippen LogP contribution in [0.5, 0.6) is 0 Å². The van der Waals surface area contributed by atoms with Gasteiger partial charge in [0.1, 0.15) is 6.10 Å². The van der Waals surface area contributed by atoms with Crippen LogP contribution in [-0.2, 0) is 32.1 Å². The molecule has 3 heterocycles. The van der Waals surface area contributed by atoms with E-state index in [1.165, 1.54) is 11.1 Å². The molecule has 7 nitrogen and oxygen atoms in total. The summed E-state index contributed by atoms with van der Waals surface area (Å²) in [5, 5.41) is 3.50. The van der Waals surface area contributed by atoms with E-state index < -0.39 is 0 Å². The lowest BCUT2D eigenvalue weighted by molar-refractivity contribution is -0.0817. The molecule has 0 bridgehead atoms. The minimum absolute atomic E-state index is 0.134. The summed E-state index contributed by atoms with van der Waals surface area (Å²) < 4.78 is 23.2. The Morgan fingerprint density at radius 2 is 1.80 bits per heavy atom. The number of nitrogens with one attached hydrogen (secondary N) is 1. The average Bonchev–Trinajstić information content (AvgIpc) is 3.35. The Kier molecular flexibility index (Phi) is 7.97. The zero-order valence-electron chi connectivity index (χ0n) is 18.1. The Morgan fingerprint density at radius 1 is 1.03 bits per heavy atom. The van der Waals surface area contributed by atoms with E-state index in [9.17, 15) is 0 Å². The first-order valence-electron chi connectivity index (χ1n) is 11.3. The van der Waals surface area contributed by atoms with Crippen LogP contribution in [0.25, 0.3) is 0 Å². The van der Waals surface area contributed by atoms with Crippen molar-refractivity contribution in [1.29, 1.82) is 0 Å². The van der Waals surface area contributed by atoms with Crippen LogP contribution in [0.1, 0.15) is 36.8 Å². The van der Waals surface area contributed by atoms with Crippen molar-refractivity contribution < 1.29 is 18.9 Å². The molecule has 0 aromatic heterocycles. The first-order chi connectivity index (χ1) is 14.8. The van der Waals surface area contributed by atoms with E-state index in [1.54, 1.807) is 0 Å². The molecule has 1 aromatic rings. The molecule has 0 aliphatic carbocycles. The number of rotatable bonds is 6. The van der Waals surface area contributed by atoms with Crippen LogP contribution in [0.2, 0.25) is 0 Å². The number of guanidine groups is 1. The van der Waals surface area contributed by atoms with Crippen molar-refractivity contribution in [2.45, 2.75) is 57.1 Å². The van der Waals surface area contributed by atoms with Gasteiger partial charge in [-0.1, -0.05) is 24.3 Å². The van der Waals surface area contributed by atoms with Gasteiger partial charge in [-0.3, -0.25) is 4.99 Å². The van der Waals surface area contributed by atoms with E-state index in [4.69, 9.17) is 18.9 Å². The van der Waals surface area contributed by atoms with Crippen LogP contribution < -0.4 is 5.32 Å². The molecule has 3 saturated heterocycles. The third-order valence-corrected chi connectivity index (χ3v) is 6.11. The van der Waals surface area contributed by atoms with Crippen molar-refractivity contribution in [2.75, 3.05) is 46.6 Å². The van der Waals surface area contributed by atoms with Crippen LogP contribution >= 0.6 is 0 Å². The van der Waals surface area contributed by atoms with E-state index in [1.807, 2.05) is 7.05 Å². The number of benzene rings is 1. The lowest BCUT2D eigenvalue weighted by atomic mass is 10.1. The van der Waals surface area contributed by atoms with Crippen LogP contribution in [0, 0.1) is 0 Å². The summed E-state index contributed by atoms with van der Waals surface area (Å²) in [7, 11) is 1.84. The highest BCUT2D eigenvalue weighted by atomic mass is 16.5. The van der Waals surface area contributed by atoms with Gasteiger partial charge in [0.05, 0.1) is 25.4 Å². The topological polar surface area (TPSA) is 64.6 Å². The van der Waals surface area contributed by atoms with Crippen molar-refractivity contribution in [3.63, 3.8) is 0 Å². The fraction of sp³-hybridized carbons (Fsp3) is 0.696. The lowest BCUT2D eigenvalue weighted by Crippen LogP contribution is -2.53. The van der Waals surface area contributed by atoms with E-state index >= 15 is 0 Å². The number of hydrogen-bond donors (Lipinski definition) is 1. The molecule has 1 aromatic carbocycles. The fourth-order valence-corrected chi connectivity index (χ4v) is 4.31. The predicted octanol–water partition coefficient (Wildman–Crippen LogP) is 2.34. The smallest absolute Gasteiger partial charge is 0.194 e. The summed E-state index contributed by atoms with van der Waals surface area (Å²) in [5.74, 6) is 0.924. The molecule has 0 spiro atoms. The van der Waals surface area contributed by atoms with Crippen LogP contribution in [0.4, 0.5) is 0 Å². The third kappa shape index (κ3) is 5.94. The van der Waals surface area contributed by atoms with E-state index in [2.05, 4.69) is 39.5 Å². The van der Waals surface area contributed by atoms with Gasteiger partial charge in [0, 0.05) is 46.5 Å². The van der Waals surface area contributed by atoms with Gasteiger partial charge in [0.25, 0.3) is 0 Å². The maximum atomic E-state index is 6.01. The first kappa shape index (κ1) is 21.6. The Bertz CT molecular complexity index is 670. The molecule has 166 valence electrons. The third-order valence-electron chi connectivity index (χ3n) is 6.11. The van der Waals surface area contributed by atoms with Gasteiger partial charge < -0.3 is 29.2 Å². The molecule has 0 saturated carbocycles. The minimum atomic E-state index is 0.134. The van der Waals surface area contributed by atoms with Crippen molar-refractivity contribution in [1.82, 2.24) is 10.2 Å². The van der Waals surface area contributed by atoms with E-state index in [0.29, 0.717) is 19.3 Å². The van der Waals surface area contributed by atoms with Crippen LogP contribution in [0.3, 0.4) is 0 Å². The normalized spacial score (nSPS) is 26.2. The lowest BCUT2D eigenvalue weighted by Gasteiger charge is -2.37. The summed E-state index contributed by atoms with van der Waals surface area (Å²) in [5.41, 5.74) is 2.44. The monoisotopic (exact) mass is 417 g/mol. The highest BCUT2D eigenvalue weighted by molar-refractivity contribution is 5.80. The number of morpholine rings is 1. The second-order valence-corrected chi connectivity index (χ2v) is 8.25. The molecule has 30 heavy (non-hydrogen) atoms. The SMILES string of the molecule is CN=C(NCc1ccc(COC2CCOCC2)cc1)N1CCOC(C2CCCO2)C1. The van der Waals surface area contributed by atoms with Gasteiger partial charge in [-0.05, 0) is 36.8 Å². The number of ether oxygens (including phenoxy) is 4. The van der Waals surface area contributed by atoms with Gasteiger partial charge in [-0.15, -0.1) is 0 Å². The second kappa shape index (κ2) is 11.1. The van der Waals surface area contributed by atoms with Crippen molar-refractivity contribution in [3.8, 4) is 0 Å². The predicted molar refractivity (Wildman–Crippen MR) is 116 cm³/mol. The minimum Gasteiger partial charge on any atom is -0.381 e. The molecule has 3 fully saturated rings. The Hall–Kier alpha value is -1.67. The fourth-order valence-electron chi connectivity index (χ4n) is 4.31. The highest BCUT2D eigenvalue weighted by Gasteiger charge is 2.32. The van der Waals surface area contributed by atoms with Crippen LogP contribution in [0.15, 0.2) is 29.3 Å². The van der Waals surface area contributed by atoms with E-state index in [-0.39, 0.29) is 12.2 Å². The van der Waals surface area contributed by atoms with Gasteiger partial charge in [-0.25, -0.2) is 0 Å². The standard InChI is InChI=1S/C23H35N3O4/c1-24-23(26-10-14-29-22(16-26)21-3-2-11-28-21)25-15-18-4-6-19(7-5-18)17-30-20-8-12-27-13-9-20/h4-7,20-22H,2-3,8-17H2,1H3,(H,24,25). The van der Waals surface area contributed by atoms with Gasteiger partial charge >= 0.3 is 0 Å². The summed E-state index contributed by atoms with van der Waals surface area (Å²) in [6.07, 6.45) is 4.90. The molecular formula is C23H35N3O4. The quantitative estimate of drug-likeness (QED) is 0.566. The molecule has 2 atom stereocenters. The van der Waals surface area contributed by atoms with Crippen molar-refractivity contribution in [2.24, 2.45) is 4.99 Å². The molecule has 0 radical (unpaired) electrons. The van der Waals surface area contributed by atoms with Gasteiger partial charge in [0.2, 0.25) is 0 Å². The Morgan fingerprint density at radius 3 is 2.53 bits per heavy atom. The molecule has 3 aliphatic heterocycles. The molecular weight excluding hydrogens is 382 g/mol. The number of aliphatic imine (C=N–C) groups is 1. The molecule has 3 aliphatic rings. The van der Waals surface area contributed by atoms with Crippen molar-refractivity contribution >= 4 is 5.96 Å². The summed E-state index contributed by atoms with van der Waals surface area (Å²) in [6.45, 7) is 6.29. The summed E-state index contributed by atoms with van der Waals surface area (Å²) in [6, 6.07) is 8.64. The molecule has 0 amide bonds. The maximum Gasteiger partial charge on any atom is 0.194 e. The molecule has 2 unspecified atom stereocenters. The highest BCUT2D eigenvalue weighted by Crippen LogP contribution is 2.21. The average molecular weight is 418 g/mol. The second-order valence-electron chi connectivity index (χ2n) is 8.25.